The van der Waals surface area contributed by atoms with Gasteiger partial charge in [-0.3, -0.25) is 14.5 Å². The highest BCUT2D eigenvalue weighted by molar-refractivity contribution is 6.21. The molecule has 0 unspecified atom stereocenters. The molecular weight excluding hydrogens is 350 g/mol. The summed E-state index contributed by atoms with van der Waals surface area (Å²) in [5.41, 5.74) is 3.76. The lowest BCUT2D eigenvalue weighted by Crippen LogP contribution is -2.33. The summed E-state index contributed by atoms with van der Waals surface area (Å²) in [6.45, 7) is 2.39. The topological polar surface area (TPSA) is 46.6 Å². The van der Waals surface area contributed by atoms with E-state index < -0.39 is 0 Å². The summed E-state index contributed by atoms with van der Waals surface area (Å²) in [5, 5.41) is 0. The number of ether oxygens (including phenoxy) is 1. The molecule has 0 fully saturated rings. The predicted molar refractivity (Wildman–Crippen MR) is 109 cm³/mol. The molecule has 4 nitrogen and oxygen atoms in total. The van der Waals surface area contributed by atoms with Gasteiger partial charge < -0.3 is 4.74 Å². The lowest BCUT2D eigenvalue weighted by atomic mass is 9.93. The fourth-order valence-corrected chi connectivity index (χ4v) is 4.24. The van der Waals surface area contributed by atoms with E-state index in [1.165, 1.54) is 41.7 Å². The molecule has 1 atom stereocenters. The molecule has 2 amide bonds. The number of carbonyl (C=O) groups is 2. The number of imide groups is 1. The SMILES string of the molecule is C[C@@H](CCN1C(=O)c2ccccc2C1=O)Oc1cccc2c1CCCCCC2. The zero-order valence-electron chi connectivity index (χ0n) is 16.4. The van der Waals surface area contributed by atoms with E-state index in [-0.39, 0.29) is 17.9 Å². The molecule has 2 aromatic rings. The van der Waals surface area contributed by atoms with Gasteiger partial charge in [0.1, 0.15) is 5.75 Å². The monoisotopic (exact) mass is 377 g/mol. The van der Waals surface area contributed by atoms with Crippen molar-refractivity contribution in [3.05, 3.63) is 64.7 Å². The van der Waals surface area contributed by atoms with Crippen molar-refractivity contribution in [1.29, 1.82) is 0 Å². The maximum absolute atomic E-state index is 12.5. The van der Waals surface area contributed by atoms with E-state index in [0.29, 0.717) is 24.1 Å². The van der Waals surface area contributed by atoms with Gasteiger partial charge in [-0.2, -0.15) is 0 Å². The van der Waals surface area contributed by atoms with Crippen LogP contribution >= 0.6 is 0 Å². The third-order valence-electron chi connectivity index (χ3n) is 5.82. The van der Waals surface area contributed by atoms with E-state index >= 15 is 0 Å². The Labute approximate surface area is 166 Å². The first-order valence-corrected chi connectivity index (χ1v) is 10.4. The second-order valence-corrected chi connectivity index (χ2v) is 7.83. The number of hydrogen-bond acceptors (Lipinski definition) is 3. The van der Waals surface area contributed by atoms with Crippen molar-refractivity contribution in [2.45, 2.75) is 58.0 Å². The molecule has 2 aromatic carbocycles. The fraction of sp³-hybridized carbons (Fsp3) is 0.417. The van der Waals surface area contributed by atoms with Gasteiger partial charge in [-0.25, -0.2) is 0 Å². The maximum atomic E-state index is 12.5. The lowest BCUT2D eigenvalue weighted by Gasteiger charge is -2.22. The molecule has 0 bridgehead atoms. The molecule has 0 N–H and O–H groups in total. The van der Waals surface area contributed by atoms with Crippen molar-refractivity contribution in [2.24, 2.45) is 0 Å². The molecule has 1 heterocycles. The number of fused-ring (bicyclic) bond motifs is 2. The standard InChI is InChI=1S/C24H27NO3/c1-17(15-16-25-23(26)20-12-6-7-13-21(20)24(25)27)28-22-14-8-10-18-9-4-2-3-5-11-19(18)22/h6-8,10,12-14,17H,2-5,9,11,15-16H2,1H3/t17-/m0/s1. The van der Waals surface area contributed by atoms with Gasteiger partial charge in [-0.15, -0.1) is 0 Å². The van der Waals surface area contributed by atoms with Crippen LogP contribution in [-0.4, -0.2) is 29.4 Å². The lowest BCUT2D eigenvalue weighted by molar-refractivity contribution is 0.0634. The van der Waals surface area contributed by atoms with Crippen LogP contribution in [0.4, 0.5) is 0 Å². The molecule has 4 rings (SSSR count). The van der Waals surface area contributed by atoms with Crippen LogP contribution in [0.1, 0.15) is 70.9 Å². The van der Waals surface area contributed by atoms with Gasteiger partial charge in [0.15, 0.2) is 0 Å². The largest absolute Gasteiger partial charge is 0.490 e. The van der Waals surface area contributed by atoms with Gasteiger partial charge in [0.2, 0.25) is 0 Å². The smallest absolute Gasteiger partial charge is 0.261 e. The predicted octanol–water partition coefficient (Wildman–Crippen LogP) is 4.80. The molecule has 0 spiro atoms. The van der Waals surface area contributed by atoms with E-state index in [9.17, 15) is 9.59 Å². The molecular formula is C24H27NO3. The maximum Gasteiger partial charge on any atom is 0.261 e. The normalized spacial score (nSPS) is 17.5. The van der Waals surface area contributed by atoms with Crippen molar-refractivity contribution in [1.82, 2.24) is 4.90 Å². The van der Waals surface area contributed by atoms with Crippen LogP contribution in [0.3, 0.4) is 0 Å². The van der Waals surface area contributed by atoms with Crippen molar-refractivity contribution in [3.63, 3.8) is 0 Å². The summed E-state index contributed by atoms with van der Waals surface area (Å²) >= 11 is 0. The minimum absolute atomic E-state index is 0.0683. The fourth-order valence-electron chi connectivity index (χ4n) is 4.24. The second-order valence-electron chi connectivity index (χ2n) is 7.83. The summed E-state index contributed by atoms with van der Waals surface area (Å²) in [6, 6.07) is 13.4. The van der Waals surface area contributed by atoms with Crippen LogP contribution < -0.4 is 4.74 Å². The third kappa shape index (κ3) is 3.68. The summed E-state index contributed by atoms with van der Waals surface area (Å²) in [4.78, 5) is 26.4. The van der Waals surface area contributed by atoms with E-state index in [2.05, 4.69) is 18.2 Å². The molecule has 1 aliphatic heterocycles. The molecule has 1 aliphatic carbocycles. The zero-order chi connectivity index (χ0) is 19.5. The molecule has 0 saturated heterocycles. The Balaban J connectivity index is 1.41. The molecule has 146 valence electrons. The molecule has 0 radical (unpaired) electrons. The van der Waals surface area contributed by atoms with E-state index in [1.54, 1.807) is 24.3 Å². The van der Waals surface area contributed by atoms with Crippen molar-refractivity contribution >= 4 is 11.8 Å². The van der Waals surface area contributed by atoms with Gasteiger partial charge >= 0.3 is 0 Å². The Morgan fingerprint density at radius 1 is 0.893 bits per heavy atom. The van der Waals surface area contributed by atoms with Crippen LogP contribution in [0.2, 0.25) is 0 Å². The highest BCUT2D eigenvalue weighted by Crippen LogP contribution is 2.30. The molecule has 0 saturated carbocycles. The average molecular weight is 377 g/mol. The Bertz CT molecular complexity index is 854. The van der Waals surface area contributed by atoms with Crippen molar-refractivity contribution < 1.29 is 14.3 Å². The number of aryl methyl sites for hydroxylation is 1. The summed E-state index contributed by atoms with van der Waals surface area (Å²) < 4.78 is 6.27. The number of nitrogens with zero attached hydrogens (tertiary/aromatic N) is 1. The molecule has 2 aliphatic rings. The van der Waals surface area contributed by atoms with E-state index in [0.717, 1.165) is 18.6 Å². The van der Waals surface area contributed by atoms with Crippen LogP contribution in [0.5, 0.6) is 5.75 Å². The van der Waals surface area contributed by atoms with Crippen molar-refractivity contribution in [3.8, 4) is 5.75 Å². The first-order chi connectivity index (χ1) is 13.6. The van der Waals surface area contributed by atoms with Gasteiger partial charge in [0.25, 0.3) is 11.8 Å². The highest BCUT2D eigenvalue weighted by atomic mass is 16.5. The van der Waals surface area contributed by atoms with Crippen molar-refractivity contribution in [2.75, 3.05) is 6.54 Å². The van der Waals surface area contributed by atoms with Gasteiger partial charge in [0, 0.05) is 13.0 Å². The Hall–Kier alpha value is -2.62. The first-order valence-electron chi connectivity index (χ1n) is 10.4. The first kappa shape index (κ1) is 18.7. The summed E-state index contributed by atoms with van der Waals surface area (Å²) in [5.74, 6) is 0.574. The quantitative estimate of drug-likeness (QED) is 0.703. The zero-order valence-corrected chi connectivity index (χ0v) is 16.4. The van der Waals surface area contributed by atoms with Gasteiger partial charge in [0.05, 0.1) is 17.2 Å². The highest BCUT2D eigenvalue weighted by Gasteiger charge is 2.34. The summed E-state index contributed by atoms with van der Waals surface area (Å²) in [7, 11) is 0. The molecule has 4 heteroatoms. The Morgan fingerprint density at radius 3 is 2.29 bits per heavy atom. The van der Waals surface area contributed by atoms with Gasteiger partial charge in [-0.1, -0.05) is 37.1 Å². The Kier molecular flexibility index (Phi) is 5.47. The van der Waals surface area contributed by atoms with Crippen LogP contribution in [-0.2, 0) is 12.8 Å². The Morgan fingerprint density at radius 2 is 1.57 bits per heavy atom. The minimum atomic E-state index is -0.197. The van der Waals surface area contributed by atoms with E-state index in [1.807, 2.05) is 6.92 Å². The number of hydrogen-bond donors (Lipinski definition) is 0. The third-order valence-corrected chi connectivity index (χ3v) is 5.82. The molecule has 28 heavy (non-hydrogen) atoms. The number of benzene rings is 2. The van der Waals surface area contributed by atoms with Gasteiger partial charge in [-0.05, 0) is 61.9 Å². The number of amides is 2. The molecule has 0 aromatic heterocycles. The van der Waals surface area contributed by atoms with Crippen LogP contribution in [0, 0.1) is 0 Å². The van der Waals surface area contributed by atoms with Crippen LogP contribution in [0.25, 0.3) is 0 Å². The van der Waals surface area contributed by atoms with Crippen LogP contribution in [0.15, 0.2) is 42.5 Å². The number of rotatable bonds is 5. The second kappa shape index (κ2) is 8.17. The summed E-state index contributed by atoms with van der Waals surface area (Å²) in [6.07, 6.45) is 7.77. The minimum Gasteiger partial charge on any atom is -0.490 e. The number of carbonyl (C=O) groups excluding carboxylic acids is 2. The van der Waals surface area contributed by atoms with E-state index in [4.69, 9.17) is 4.74 Å². The average Bonchev–Trinajstić information content (AvgIpc) is 2.92.